The van der Waals surface area contributed by atoms with E-state index in [1.54, 1.807) is 25.3 Å². The lowest BCUT2D eigenvalue weighted by molar-refractivity contribution is -0.112. The van der Waals surface area contributed by atoms with Gasteiger partial charge in [0.05, 0.1) is 27.2 Å². The molecular formula is C11H13ClO4. The number of hydrogen-bond acceptors (Lipinski definition) is 4. The number of carbonyl (C=O) groups is 1. The van der Waals surface area contributed by atoms with Gasteiger partial charge in [0, 0.05) is 0 Å². The van der Waals surface area contributed by atoms with Crippen LogP contribution in [0.3, 0.4) is 0 Å². The van der Waals surface area contributed by atoms with E-state index in [-0.39, 0.29) is 13.0 Å². The molecule has 0 amide bonds. The smallest absolute Gasteiger partial charge is 0.225 e. The molecule has 0 aliphatic carbocycles. The maximum atomic E-state index is 10.5. The van der Waals surface area contributed by atoms with Crippen LogP contribution in [0.5, 0.6) is 17.2 Å². The number of benzene rings is 1. The van der Waals surface area contributed by atoms with Crippen LogP contribution in [0.25, 0.3) is 0 Å². The molecule has 0 aliphatic heterocycles. The standard InChI is InChI=1S/C11H13ClO4/c1-14-8-4-3-5-9(11(8)15-2)16-7-6-10(12)13/h3-5H,6-7H2,1-2H3. The Balaban J connectivity index is 2.74. The van der Waals surface area contributed by atoms with Gasteiger partial charge in [0.1, 0.15) is 0 Å². The van der Waals surface area contributed by atoms with Crippen LogP contribution in [-0.4, -0.2) is 26.1 Å². The van der Waals surface area contributed by atoms with Crippen LogP contribution in [0.4, 0.5) is 0 Å². The molecule has 0 unspecified atom stereocenters. The van der Waals surface area contributed by atoms with Gasteiger partial charge in [-0.25, -0.2) is 0 Å². The van der Waals surface area contributed by atoms with Crippen LogP contribution in [0, 0.1) is 0 Å². The van der Waals surface area contributed by atoms with E-state index in [0.717, 1.165) is 0 Å². The Labute approximate surface area is 99.1 Å². The zero-order valence-electron chi connectivity index (χ0n) is 9.16. The minimum absolute atomic E-state index is 0.155. The van der Waals surface area contributed by atoms with E-state index in [2.05, 4.69) is 0 Å². The molecule has 0 aliphatic rings. The molecule has 1 rings (SSSR count). The zero-order chi connectivity index (χ0) is 12.0. The van der Waals surface area contributed by atoms with Crippen molar-refractivity contribution in [3.8, 4) is 17.2 Å². The third kappa shape index (κ3) is 3.31. The molecule has 0 heterocycles. The highest BCUT2D eigenvalue weighted by Gasteiger charge is 2.10. The first-order chi connectivity index (χ1) is 7.69. The lowest BCUT2D eigenvalue weighted by Crippen LogP contribution is -2.03. The first-order valence-electron chi connectivity index (χ1n) is 4.71. The summed E-state index contributed by atoms with van der Waals surface area (Å²) < 4.78 is 15.6. The van der Waals surface area contributed by atoms with Gasteiger partial charge in [0.15, 0.2) is 11.5 Å². The molecule has 0 atom stereocenters. The molecule has 16 heavy (non-hydrogen) atoms. The van der Waals surface area contributed by atoms with E-state index in [0.29, 0.717) is 17.2 Å². The third-order valence-corrected chi connectivity index (χ3v) is 2.11. The van der Waals surface area contributed by atoms with Crippen molar-refractivity contribution in [1.29, 1.82) is 0 Å². The highest BCUT2D eigenvalue weighted by Crippen LogP contribution is 2.36. The van der Waals surface area contributed by atoms with Crippen LogP contribution in [0.1, 0.15) is 6.42 Å². The fraction of sp³-hybridized carbons (Fsp3) is 0.364. The van der Waals surface area contributed by atoms with Crippen molar-refractivity contribution in [1.82, 2.24) is 0 Å². The van der Waals surface area contributed by atoms with Gasteiger partial charge in [-0.05, 0) is 23.7 Å². The molecule has 0 saturated heterocycles. The summed E-state index contributed by atoms with van der Waals surface area (Å²) in [5.41, 5.74) is 0. The Bertz CT molecular complexity index is 365. The van der Waals surface area contributed by atoms with E-state index >= 15 is 0 Å². The summed E-state index contributed by atoms with van der Waals surface area (Å²) in [7, 11) is 3.07. The quantitative estimate of drug-likeness (QED) is 0.720. The molecule has 0 saturated carbocycles. The minimum Gasteiger partial charge on any atom is -0.493 e. The molecule has 0 fully saturated rings. The van der Waals surface area contributed by atoms with Crippen molar-refractivity contribution in [3.63, 3.8) is 0 Å². The lowest BCUT2D eigenvalue weighted by atomic mass is 10.3. The van der Waals surface area contributed by atoms with Crippen molar-refractivity contribution in [2.45, 2.75) is 6.42 Å². The fourth-order valence-electron chi connectivity index (χ4n) is 1.21. The van der Waals surface area contributed by atoms with Gasteiger partial charge in [-0.15, -0.1) is 0 Å². The molecule has 0 N–H and O–H groups in total. The van der Waals surface area contributed by atoms with Crippen molar-refractivity contribution in [2.24, 2.45) is 0 Å². The highest BCUT2D eigenvalue weighted by atomic mass is 35.5. The topological polar surface area (TPSA) is 44.8 Å². The Hall–Kier alpha value is -1.42. The predicted octanol–water partition coefficient (Wildman–Crippen LogP) is 2.24. The minimum atomic E-state index is -0.429. The van der Waals surface area contributed by atoms with Gasteiger partial charge in [0.2, 0.25) is 11.0 Å². The number of carbonyl (C=O) groups excluding carboxylic acids is 1. The summed E-state index contributed by atoms with van der Waals surface area (Å²) >= 11 is 5.20. The summed E-state index contributed by atoms with van der Waals surface area (Å²) in [6.07, 6.45) is 0.155. The molecule has 5 heteroatoms. The number of hydrogen-bond donors (Lipinski definition) is 0. The van der Waals surface area contributed by atoms with Crippen molar-refractivity contribution in [3.05, 3.63) is 18.2 Å². The molecule has 1 aromatic carbocycles. The van der Waals surface area contributed by atoms with Gasteiger partial charge >= 0.3 is 0 Å². The van der Waals surface area contributed by atoms with Crippen LogP contribution >= 0.6 is 11.6 Å². The van der Waals surface area contributed by atoms with Gasteiger partial charge < -0.3 is 14.2 Å². The molecular weight excluding hydrogens is 232 g/mol. The van der Waals surface area contributed by atoms with Gasteiger partial charge in [0.25, 0.3) is 0 Å². The van der Waals surface area contributed by atoms with Crippen molar-refractivity contribution >= 4 is 16.8 Å². The second-order valence-electron chi connectivity index (χ2n) is 2.95. The molecule has 0 aromatic heterocycles. The molecule has 88 valence electrons. The van der Waals surface area contributed by atoms with E-state index in [4.69, 9.17) is 25.8 Å². The van der Waals surface area contributed by atoms with Crippen LogP contribution < -0.4 is 14.2 Å². The number of halogens is 1. The van der Waals surface area contributed by atoms with E-state index in [9.17, 15) is 4.79 Å². The third-order valence-electron chi connectivity index (χ3n) is 1.92. The number of methoxy groups -OCH3 is 2. The van der Waals surface area contributed by atoms with Crippen LogP contribution in [-0.2, 0) is 4.79 Å². The Morgan fingerprint density at radius 1 is 1.25 bits per heavy atom. The number of ether oxygens (including phenoxy) is 3. The summed E-state index contributed by atoms with van der Waals surface area (Å²) in [4.78, 5) is 10.5. The van der Waals surface area contributed by atoms with E-state index < -0.39 is 5.24 Å². The molecule has 1 aromatic rings. The summed E-state index contributed by atoms with van der Waals surface area (Å²) in [6, 6.07) is 5.28. The van der Waals surface area contributed by atoms with Crippen LogP contribution in [0.15, 0.2) is 18.2 Å². The molecule has 0 spiro atoms. The maximum absolute atomic E-state index is 10.5. The van der Waals surface area contributed by atoms with Gasteiger partial charge in [-0.1, -0.05) is 6.07 Å². The predicted molar refractivity (Wildman–Crippen MR) is 60.5 cm³/mol. The zero-order valence-corrected chi connectivity index (χ0v) is 9.91. The van der Waals surface area contributed by atoms with Crippen LogP contribution in [0.2, 0.25) is 0 Å². The average molecular weight is 245 g/mol. The lowest BCUT2D eigenvalue weighted by Gasteiger charge is -2.12. The summed E-state index contributed by atoms with van der Waals surface area (Å²) in [6.45, 7) is 0.214. The normalized spacial score (nSPS) is 9.69. The van der Waals surface area contributed by atoms with E-state index in [1.807, 2.05) is 0 Å². The first-order valence-corrected chi connectivity index (χ1v) is 5.09. The molecule has 0 bridgehead atoms. The second-order valence-corrected chi connectivity index (χ2v) is 3.37. The largest absolute Gasteiger partial charge is 0.493 e. The fourth-order valence-corrected chi connectivity index (χ4v) is 1.29. The average Bonchev–Trinajstić information content (AvgIpc) is 2.28. The maximum Gasteiger partial charge on any atom is 0.225 e. The Morgan fingerprint density at radius 3 is 2.50 bits per heavy atom. The van der Waals surface area contributed by atoms with Crippen molar-refractivity contribution in [2.75, 3.05) is 20.8 Å². The Kier molecular flexibility index (Phi) is 4.92. The Morgan fingerprint density at radius 2 is 1.94 bits per heavy atom. The van der Waals surface area contributed by atoms with E-state index in [1.165, 1.54) is 7.11 Å². The summed E-state index contributed by atoms with van der Waals surface area (Å²) in [5, 5.41) is -0.429. The first kappa shape index (κ1) is 12.6. The van der Waals surface area contributed by atoms with Crippen molar-refractivity contribution < 1.29 is 19.0 Å². The van der Waals surface area contributed by atoms with Gasteiger partial charge in [-0.2, -0.15) is 0 Å². The summed E-state index contributed by atoms with van der Waals surface area (Å²) in [5.74, 6) is 1.61. The second kappa shape index (κ2) is 6.23. The highest BCUT2D eigenvalue weighted by molar-refractivity contribution is 6.63. The number of rotatable bonds is 6. The molecule has 0 radical (unpaired) electrons. The SMILES string of the molecule is COc1cccc(OCCC(=O)Cl)c1OC. The monoisotopic (exact) mass is 244 g/mol. The molecule has 4 nitrogen and oxygen atoms in total. The van der Waals surface area contributed by atoms with Gasteiger partial charge in [-0.3, -0.25) is 4.79 Å². The number of para-hydroxylation sites is 1.